The van der Waals surface area contributed by atoms with Crippen molar-refractivity contribution in [1.29, 1.82) is 0 Å². The van der Waals surface area contributed by atoms with E-state index in [-0.39, 0.29) is 12.6 Å². The summed E-state index contributed by atoms with van der Waals surface area (Å²) in [6.45, 7) is -0.372. The number of halogens is 2. The molecule has 0 amide bonds. The SMILES string of the molecule is CNc1cccc(-c2cccc3c2CCC3Oc2cc(OC)c(CNC(CO)C(=O)O)cc2Cl)c1Cl. The van der Waals surface area contributed by atoms with Gasteiger partial charge < -0.3 is 25.0 Å². The molecule has 2 atom stereocenters. The van der Waals surface area contributed by atoms with Gasteiger partial charge in [-0.1, -0.05) is 53.5 Å². The Morgan fingerprint density at radius 1 is 1.14 bits per heavy atom. The van der Waals surface area contributed by atoms with E-state index < -0.39 is 18.6 Å². The maximum atomic E-state index is 11.2. The van der Waals surface area contributed by atoms with Crippen molar-refractivity contribution in [1.82, 2.24) is 5.32 Å². The Morgan fingerprint density at radius 3 is 2.58 bits per heavy atom. The largest absolute Gasteiger partial charge is 0.496 e. The Morgan fingerprint density at radius 2 is 1.89 bits per heavy atom. The van der Waals surface area contributed by atoms with Crippen molar-refractivity contribution >= 4 is 34.9 Å². The van der Waals surface area contributed by atoms with Gasteiger partial charge in [0.15, 0.2) is 0 Å². The molecule has 0 saturated heterocycles. The van der Waals surface area contributed by atoms with Crippen LogP contribution in [0.1, 0.15) is 29.2 Å². The van der Waals surface area contributed by atoms with Crippen LogP contribution in [0, 0.1) is 0 Å². The first-order valence-corrected chi connectivity index (χ1v) is 12.3. The number of nitrogens with one attached hydrogen (secondary N) is 2. The van der Waals surface area contributed by atoms with Crippen molar-refractivity contribution in [3.05, 3.63) is 75.3 Å². The number of aliphatic hydroxyl groups is 1. The lowest BCUT2D eigenvalue weighted by Gasteiger charge is -2.20. The highest BCUT2D eigenvalue weighted by Crippen LogP contribution is 2.44. The molecule has 4 N–H and O–H groups in total. The molecule has 3 aromatic carbocycles. The van der Waals surface area contributed by atoms with Crippen molar-refractivity contribution in [2.75, 3.05) is 26.1 Å². The Balaban J connectivity index is 1.59. The predicted octanol–water partition coefficient (Wildman–Crippen LogP) is 5.31. The van der Waals surface area contributed by atoms with Gasteiger partial charge in [-0.2, -0.15) is 0 Å². The second-order valence-electron chi connectivity index (χ2n) is 8.48. The number of carboxylic acids is 1. The highest BCUT2D eigenvalue weighted by Gasteiger charge is 2.28. The Kier molecular flexibility index (Phi) is 8.26. The molecule has 3 aromatic rings. The second kappa shape index (κ2) is 11.4. The smallest absolute Gasteiger partial charge is 0.323 e. The van der Waals surface area contributed by atoms with Crippen LogP contribution in [0.25, 0.3) is 11.1 Å². The first-order chi connectivity index (χ1) is 17.4. The summed E-state index contributed by atoms with van der Waals surface area (Å²) in [5.74, 6) is -0.153. The molecule has 4 rings (SSSR count). The number of rotatable bonds is 10. The van der Waals surface area contributed by atoms with Gasteiger partial charge in [-0.05, 0) is 41.7 Å². The number of aliphatic carboxylic acids is 1. The summed E-state index contributed by atoms with van der Waals surface area (Å²) in [5.41, 5.74) is 5.88. The quantitative estimate of drug-likeness (QED) is 0.281. The lowest BCUT2D eigenvalue weighted by molar-refractivity contribution is -0.140. The van der Waals surface area contributed by atoms with Gasteiger partial charge in [0.05, 0.1) is 29.4 Å². The van der Waals surface area contributed by atoms with Gasteiger partial charge in [0.1, 0.15) is 23.6 Å². The number of anilines is 1. The Labute approximate surface area is 220 Å². The monoisotopic (exact) mass is 530 g/mol. The summed E-state index contributed by atoms with van der Waals surface area (Å²) in [6, 6.07) is 14.4. The van der Waals surface area contributed by atoms with Crippen LogP contribution in [0.5, 0.6) is 11.5 Å². The van der Waals surface area contributed by atoms with Crippen LogP contribution < -0.4 is 20.1 Å². The molecule has 0 fully saturated rings. The van der Waals surface area contributed by atoms with Gasteiger partial charge in [0, 0.05) is 30.8 Å². The molecular weight excluding hydrogens is 503 g/mol. The van der Waals surface area contributed by atoms with Gasteiger partial charge >= 0.3 is 5.97 Å². The highest BCUT2D eigenvalue weighted by molar-refractivity contribution is 6.36. The number of aliphatic hydroxyl groups excluding tert-OH is 1. The van der Waals surface area contributed by atoms with Crippen molar-refractivity contribution in [2.45, 2.75) is 31.5 Å². The Hall–Kier alpha value is -2.97. The number of hydrogen-bond acceptors (Lipinski definition) is 6. The number of ether oxygens (including phenoxy) is 2. The van der Waals surface area contributed by atoms with Crippen LogP contribution in [0.4, 0.5) is 5.69 Å². The molecule has 0 spiro atoms. The van der Waals surface area contributed by atoms with E-state index in [1.54, 1.807) is 12.1 Å². The lowest BCUT2D eigenvalue weighted by Crippen LogP contribution is -2.39. The molecule has 1 aliphatic carbocycles. The van der Waals surface area contributed by atoms with Crippen LogP contribution in [0.3, 0.4) is 0 Å². The van der Waals surface area contributed by atoms with Crippen molar-refractivity contribution in [3.63, 3.8) is 0 Å². The van der Waals surface area contributed by atoms with Gasteiger partial charge in [0.25, 0.3) is 0 Å². The molecule has 190 valence electrons. The van der Waals surface area contributed by atoms with Crippen LogP contribution in [0.2, 0.25) is 10.0 Å². The predicted molar refractivity (Wildman–Crippen MR) is 141 cm³/mol. The van der Waals surface area contributed by atoms with E-state index in [0.29, 0.717) is 27.1 Å². The van der Waals surface area contributed by atoms with Gasteiger partial charge in [-0.3, -0.25) is 10.1 Å². The van der Waals surface area contributed by atoms with E-state index in [9.17, 15) is 9.90 Å². The fraction of sp³-hybridized carbons (Fsp3) is 0.296. The van der Waals surface area contributed by atoms with Crippen molar-refractivity contribution in [3.8, 4) is 22.6 Å². The second-order valence-corrected chi connectivity index (χ2v) is 9.27. The maximum absolute atomic E-state index is 11.2. The van der Waals surface area contributed by atoms with Crippen LogP contribution in [0.15, 0.2) is 48.5 Å². The average Bonchev–Trinajstić information content (AvgIpc) is 3.28. The molecule has 1 aliphatic rings. The lowest BCUT2D eigenvalue weighted by atomic mass is 9.96. The van der Waals surface area contributed by atoms with E-state index in [0.717, 1.165) is 35.2 Å². The summed E-state index contributed by atoms with van der Waals surface area (Å²) in [7, 11) is 3.37. The number of fused-ring (bicyclic) bond motifs is 1. The summed E-state index contributed by atoms with van der Waals surface area (Å²) >= 11 is 13.2. The molecule has 0 aromatic heterocycles. The van der Waals surface area contributed by atoms with Crippen LogP contribution in [-0.2, 0) is 17.8 Å². The number of carboxylic acid groups (broad SMARTS) is 1. The molecule has 36 heavy (non-hydrogen) atoms. The standard InChI is InChI=1S/C27H28Cl2N2O5/c1-30-21-8-4-7-19(26(21)29)16-5-3-6-18-17(16)9-10-23(18)36-25-12-24(35-2)15(11-20(25)28)13-31-22(14-32)27(33)34/h3-8,11-12,22-23,30-32H,9-10,13-14H2,1-2H3,(H,33,34). The maximum Gasteiger partial charge on any atom is 0.323 e. The molecule has 0 radical (unpaired) electrons. The third-order valence-corrected chi connectivity index (χ3v) is 7.10. The molecule has 0 saturated carbocycles. The summed E-state index contributed by atoms with van der Waals surface area (Å²) in [4.78, 5) is 11.2. The van der Waals surface area contributed by atoms with E-state index in [2.05, 4.69) is 22.8 Å². The van der Waals surface area contributed by atoms with E-state index in [4.69, 9.17) is 37.8 Å². The number of carbonyl (C=O) groups is 1. The van der Waals surface area contributed by atoms with Gasteiger partial charge in [-0.25, -0.2) is 0 Å². The molecular formula is C27H28Cl2N2O5. The first-order valence-electron chi connectivity index (χ1n) is 11.6. The fourth-order valence-electron chi connectivity index (χ4n) is 4.53. The van der Waals surface area contributed by atoms with Gasteiger partial charge in [-0.15, -0.1) is 0 Å². The third kappa shape index (κ3) is 5.25. The van der Waals surface area contributed by atoms with E-state index in [1.165, 1.54) is 12.7 Å². The highest BCUT2D eigenvalue weighted by atomic mass is 35.5. The minimum absolute atomic E-state index is 0.156. The number of hydrogen-bond donors (Lipinski definition) is 4. The fourth-order valence-corrected chi connectivity index (χ4v) is 5.09. The molecule has 9 heteroatoms. The number of benzene rings is 3. The Bertz CT molecular complexity index is 1270. The third-order valence-electron chi connectivity index (χ3n) is 6.40. The molecule has 0 heterocycles. The zero-order chi connectivity index (χ0) is 25.8. The molecule has 0 bridgehead atoms. The van der Waals surface area contributed by atoms with E-state index in [1.807, 2.05) is 31.3 Å². The molecule has 7 nitrogen and oxygen atoms in total. The van der Waals surface area contributed by atoms with E-state index >= 15 is 0 Å². The summed E-state index contributed by atoms with van der Waals surface area (Å²) < 4.78 is 11.9. The van der Waals surface area contributed by atoms with Crippen molar-refractivity contribution in [2.24, 2.45) is 0 Å². The molecule has 0 aliphatic heterocycles. The molecule has 2 unspecified atom stereocenters. The minimum Gasteiger partial charge on any atom is -0.496 e. The zero-order valence-corrected chi connectivity index (χ0v) is 21.5. The summed E-state index contributed by atoms with van der Waals surface area (Å²) in [6.07, 6.45) is 1.43. The normalized spacial score (nSPS) is 15.3. The number of methoxy groups -OCH3 is 1. The average molecular weight is 531 g/mol. The first kappa shape index (κ1) is 26.1. The zero-order valence-electron chi connectivity index (χ0n) is 20.0. The van der Waals surface area contributed by atoms with Gasteiger partial charge in [0.2, 0.25) is 0 Å². The van der Waals surface area contributed by atoms with Crippen molar-refractivity contribution < 1.29 is 24.5 Å². The minimum atomic E-state index is -1.14. The van der Waals surface area contributed by atoms with Crippen LogP contribution in [-0.4, -0.2) is 43.0 Å². The summed E-state index contributed by atoms with van der Waals surface area (Å²) in [5, 5.41) is 25.4. The topological polar surface area (TPSA) is 100 Å². The van der Waals surface area contributed by atoms with Crippen LogP contribution >= 0.6 is 23.2 Å².